The second-order valence-electron chi connectivity index (χ2n) is 4.68. The molecule has 3 nitrogen and oxygen atoms in total. The highest BCUT2D eigenvalue weighted by molar-refractivity contribution is 5.74. The zero-order chi connectivity index (χ0) is 10.6. The van der Waals surface area contributed by atoms with Gasteiger partial charge in [0.2, 0.25) is 0 Å². The maximum absolute atomic E-state index is 11.7. The molecule has 1 heterocycles. The average Bonchev–Trinajstić information content (AvgIpc) is 2.45. The van der Waals surface area contributed by atoms with Crippen LogP contribution < -0.4 is 12.4 Å². The summed E-state index contributed by atoms with van der Waals surface area (Å²) in [5.41, 5.74) is 0. The highest BCUT2D eigenvalue weighted by Gasteiger charge is 2.40. The minimum absolute atomic E-state index is 0. The maximum atomic E-state index is 11.7. The van der Waals surface area contributed by atoms with Gasteiger partial charge in [-0.05, 0) is 6.42 Å². The van der Waals surface area contributed by atoms with Crippen molar-refractivity contribution in [3.05, 3.63) is 0 Å². The Morgan fingerprint density at radius 1 is 1.47 bits per heavy atom. The second-order valence-corrected chi connectivity index (χ2v) is 4.68. The molecule has 1 fully saturated rings. The van der Waals surface area contributed by atoms with Crippen LogP contribution in [0.25, 0.3) is 0 Å². The molecule has 0 aromatic carbocycles. The molecule has 0 amide bonds. The molecule has 1 saturated heterocycles. The van der Waals surface area contributed by atoms with Crippen LogP contribution in [0.15, 0.2) is 0 Å². The Balaban J connectivity index is 0.00000196. The van der Waals surface area contributed by atoms with Gasteiger partial charge in [-0.1, -0.05) is 13.3 Å². The lowest BCUT2D eigenvalue weighted by Gasteiger charge is -2.29. The fraction of sp³-hybridized carbons (Fsp3) is 0.909. The van der Waals surface area contributed by atoms with Gasteiger partial charge in [0.1, 0.15) is 0 Å². The van der Waals surface area contributed by atoms with Crippen LogP contribution in [0.5, 0.6) is 0 Å². The highest BCUT2D eigenvalue weighted by atomic mass is 35.5. The van der Waals surface area contributed by atoms with Crippen molar-refractivity contribution in [1.29, 1.82) is 0 Å². The first kappa shape index (κ1) is 14.7. The van der Waals surface area contributed by atoms with Crippen molar-refractivity contribution in [3.63, 3.8) is 0 Å². The predicted molar refractivity (Wildman–Crippen MR) is 55.9 cm³/mol. The van der Waals surface area contributed by atoms with Gasteiger partial charge in [-0.3, -0.25) is 0 Å². The van der Waals surface area contributed by atoms with E-state index >= 15 is 0 Å². The smallest absolute Gasteiger partial charge is 0.364 e. The van der Waals surface area contributed by atoms with Gasteiger partial charge in [-0.25, -0.2) is 4.79 Å². The number of halogens is 1. The lowest BCUT2D eigenvalue weighted by molar-refractivity contribution is -0.893. The summed E-state index contributed by atoms with van der Waals surface area (Å²) in [7, 11) is 4.22. The molecule has 1 aliphatic heterocycles. The number of nitrogens with zero attached hydrogens (tertiary/aromatic N) is 1. The topological polar surface area (TPSA) is 26.3 Å². The summed E-state index contributed by atoms with van der Waals surface area (Å²) in [5, 5.41) is 0. The van der Waals surface area contributed by atoms with Crippen molar-refractivity contribution in [3.8, 4) is 0 Å². The largest absolute Gasteiger partial charge is 1.00 e. The molecule has 1 unspecified atom stereocenters. The SMILES string of the molecule is CCCCOC(=O)C1CCC[N+]1(C)C.[Cl-]. The number of esters is 1. The first-order chi connectivity index (χ1) is 6.58. The van der Waals surface area contributed by atoms with E-state index in [0.717, 1.165) is 36.7 Å². The van der Waals surface area contributed by atoms with Crippen molar-refractivity contribution in [2.75, 3.05) is 27.2 Å². The number of hydrogen-bond acceptors (Lipinski definition) is 2. The highest BCUT2D eigenvalue weighted by Crippen LogP contribution is 2.23. The fourth-order valence-electron chi connectivity index (χ4n) is 2.01. The van der Waals surface area contributed by atoms with Gasteiger partial charge >= 0.3 is 5.97 Å². The van der Waals surface area contributed by atoms with Gasteiger partial charge in [-0.2, -0.15) is 0 Å². The van der Waals surface area contributed by atoms with Gasteiger partial charge in [0, 0.05) is 12.8 Å². The number of unbranched alkanes of at least 4 members (excludes halogenated alkanes) is 1. The van der Waals surface area contributed by atoms with Crippen molar-refractivity contribution >= 4 is 5.97 Å². The van der Waals surface area contributed by atoms with Crippen molar-refractivity contribution in [1.82, 2.24) is 0 Å². The van der Waals surface area contributed by atoms with Gasteiger partial charge in [0.25, 0.3) is 0 Å². The van der Waals surface area contributed by atoms with E-state index in [1.54, 1.807) is 0 Å². The van der Waals surface area contributed by atoms with Crippen LogP contribution in [-0.4, -0.2) is 43.7 Å². The predicted octanol–water partition coefficient (Wildman–Crippen LogP) is -1.43. The van der Waals surface area contributed by atoms with E-state index < -0.39 is 0 Å². The standard InChI is InChI=1S/C11H22NO2.ClH/c1-4-5-9-14-11(13)10-7-6-8-12(10,2)3;/h10H,4-9H2,1-3H3;1H/q+1;/p-1. The summed E-state index contributed by atoms with van der Waals surface area (Å²) in [6.45, 7) is 3.78. The Hall–Kier alpha value is -0.280. The van der Waals surface area contributed by atoms with Crippen LogP contribution in [0.2, 0.25) is 0 Å². The quantitative estimate of drug-likeness (QED) is 0.340. The Kier molecular flexibility index (Phi) is 6.22. The van der Waals surface area contributed by atoms with E-state index in [-0.39, 0.29) is 24.4 Å². The summed E-state index contributed by atoms with van der Waals surface area (Å²) in [5.74, 6) is 0.000880. The Bertz CT molecular complexity index is 207. The third-order valence-corrected chi connectivity index (χ3v) is 3.07. The summed E-state index contributed by atoms with van der Waals surface area (Å²) >= 11 is 0. The van der Waals surface area contributed by atoms with E-state index in [0.29, 0.717) is 6.61 Å². The first-order valence-electron chi connectivity index (χ1n) is 5.57. The van der Waals surface area contributed by atoms with Crippen LogP contribution >= 0.6 is 0 Å². The summed E-state index contributed by atoms with van der Waals surface area (Å²) < 4.78 is 6.04. The molecule has 90 valence electrons. The van der Waals surface area contributed by atoms with Crippen molar-refractivity contribution in [2.24, 2.45) is 0 Å². The molecule has 0 aromatic rings. The molecule has 0 saturated carbocycles. The molecule has 0 N–H and O–H groups in total. The van der Waals surface area contributed by atoms with Gasteiger partial charge < -0.3 is 21.6 Å². The molecule has 0 radical (unpaired) electrons. The van der Waals surface area contributed by atoms with E-state index in [1.165, 1.54) is 0 Å². The monoisotopic (exact) mass is 235 g/mol. The second kappa shape index (κ2) is 6.33. The number of hydrogen-bond donors (Lipinski definition) is 0. The number of rotatable bonds is 4. The van der Waals surface area contributed by atoms with E-state index in [1.807, 2.05) is 0 Å². The van der Waals surface area contributed by atoms with Crippen molar-refractivity contribution < 1.29 is 26.4 Å². The summed E-state index contributed by atoms with van der Waals surface area (Å²) in [6, 6.07) is 0.0758. The van der Waals surface area contributed by atoms with Crippen LogP contribution in [0.3, 0.4) is 0 Å². The van der Waals surface area contributed by atoms with Crippen LogP contribution in [0.4, 0.5) is 0 Å². The fourth-order valence-corrected chi connectivity index (χ4v) is 2.01. The molecular formula is C11H22ClNO2. The molecule has 4 heteroatoms. The number of ether oxygens (including phenoxy) is 1. The van der Waals surface area contributed by atoms with Gasteiger partial charge in [0.05, 0.1) is 27.2 Å². The van der Waals surface area contributed by atoms with E-state index in [2.05, 4.69) is 21.0 Å². The summed E-state index contributed by atoms with van der Waals surface area (Å²) in [6.07, 6.45) is 4.18. The molecule has 0 spiro atoms. The van der Waals surface area contributed by atoms with E-state index in [4.69, 9.17) is 4.74 Å². The third-order valence-electron chi connectivity index (χ3n) is 3.07. The lowest BCUT2D eigenvalue weighted by Crippen LogP contribution is -3.00. The van der Waals surface area contributed by atoms with Gasteiger partial charge in [-0.15, -0.1) is 0 Å². The number of carbonyl (C=O) groups is 1. The zero-order valence-corrected chi connectivity index (χ0v) is 10.7. The van der Waals surface area contributed by atoms with Crippen molar-refractivity contribution in [2.45, 2.75) is 38.6 Å². The first-order valence-corrected chi connectivity index (χ1v) is 5.57. The number of likely N-dealkylation sites (tertiary alicyclic amines) is 1. The number of likely N-dealkylation sites (N-methyl/N-ethyl adjacent to an activating group) is 1. The number of carbonyl (C=O) groups excluding carboxylic acids is 1. The Morgan fingerprint density at radius 3 is 2.60 bits per heavy atom. The van der Waals surface area contributed by atoms with E-state index in [9.17, 15) is 4.79 Å². The Labute approximate surface area is 98.8 Å². The molecule has 1 rings (SSSR count). The average molecular weight is 236 g/mol. The molecule has 15 heavy (non-hydrogen) atoms. The molecular weight excluding hydrogens is 214 g/mol. The number of quaternary nitrogens is 1. The Morgan fingerprint density at radius 2 is 2.13 bits per heavy atom. The zero-order valence-electron chi connectivity index (χ0n) is 9.96. The molecule has 0 aromatic heterocycles. The maximum Gasteiger partial charge on any atom is 0.364 e. The molecule has 0 bridgehead atoms. The summed E-state index contributed by atoms with van der Waals surface area (Å²) in [4.78, 5) is 11.7. The lowest BCUT2D eigenvalue weighted by atomic mass is 10.2. The third kappa shape index (κ3) is 3.99. The minimum atomic E-state index is 0. The molecule has 0 aliphatic carbocycles. The van der Waals surface area contributed by atoms with Crippen LogP contribution in [0.1, 0.15) is 32.6 Å². The minimum Gasteiger partial charge on any atom is -1.00 e. The molecule has 1 atom stereocenters. The van der Waals surface area contributed by atoms with Gasteiger partial charge in [0.15, 0.2) is 6.04 Å². The molecule has 1 aliphatic rings. The normalized spacial score (nSPS) is 23.3. The van der Waals surface area contributed by atoms with Crippen LogP contribution in [0, 0.1) is 0 Å². The van der Waals surface area contributed by atoms with Crippen LogP contribution in [-0.2, 0) is 9.53 Å².